The summed E-state index contributed by atoms with van der Waals surface area (Å²) in [6, 6.07) is 0. The summed E-state index contributed by atoms with van der Waals surface area (Å²) in [7, 11) is 0. The minimum atomic E-state index is -0.988. The van der Waals surface area contributed by atoms with Gasteiger partial charge in [0.05, 0.1) is 0 Å². The van der Waals surface area contributed by atoms with E-state index in [4.69, 9.17) is 4.74 Å². The van der Waals surface area contributed by atoms with Crippen LogP contribution in [0.4, 0.5) is 0 Å². The third-order valence-corrected chi connectivity index (χ3v) is 3.10. The van der Waals surface area contributed by atoms with Crippen LogP contribution >= 0.6 is 0 Å². The molecule has 1 aliphatic carbocycles. The molecule has 1 aliphatic rings. The maximum atomic E-state index is 11.2. The molecule has 0 N–H and O–H groups in total. The molecular formula is C12H18O3. The third kappa shape index (κ3) is 2.11. The second-order valence-electron chi connectivity index (χ2n) is 4.81. The molecule has 1 atom stereocenters. The molecule has 84 valence electrons. The Labute approximate surface area is 90.5 Å². The number of hydrogen-bond acceptors (Lipinski definition) is 3. The van der Waals surface area contributed by atoms with E-state index < -0.39 is 17.0 Å². The van der Waals surface area contributed by atoms with Crippen molar-refractivity contribution in [3.8, 4) is 0 Å². The molecule has 3 heteroatoms. The lowest BCUT2D eigenvalue weighted by Gasteiger charge is -2.43. The van der Waals surface area contributed by atoms with Crippen LogP contribution in [0.1, 0.15) is 40.5 Å². The highest BCUT2D eigenvalue weighted by Crippen LogP contribution is 2.43. The first kappa shape index (κ1) is 12.0. The van der Waals surface area contributed by atoms with Gasteiger partial charge in [-0.2, -0.15) is 0 Å². The Morgan fingerprint density at radius 3 is 2.53 bits per heavy atom. The second kappa shape index (κ2) is 3.80. The molecule has 0 saturated heterocycles. The average molecular weight is 210 g/mol. The molecule has 0 saturated carbocycles. The molecule has 0 aromatic carbocycles. The number of carbonyl (C=O) groups is 2. The lowest BCUT2D eigenvalue weighted by Crippen LogP contribution is -2.50. The summed E-state index contributed by atoms with van der Waals surface area (Å²) in [5, 5.41) is 0. The summed E-state index contributed by atoms with van der Waals surface area (Å²) >= 11 is 0. The van der Waals surface area contributed by atoms with Crippen LogP contribution in [0.15, 0.2) is 11.6 Å². The molecule has 0 aromatic heterocycles. The summed E-state index contributed by atoms with van der Waals surface area (Å²) in [6.07, 6.45) is 4.17. The summed E-state index contributed by atoms with van der Waals surface area (Å²) in [4.78, 5) is 22.3. The van der Waals surface area contributed by atoms with Crippen LogP contribution in [-0.2, 0) is 14.3 Å². The van der Waals surface area contributed by atoms with Crippen molar-refractivity contribution in [2.75, 3.05) is 0 Å². The van der Waals surface area contributed by atoms with Gasteiger partial charge < -0.3 is 4.74 Å². The first-order chi connectivity index (χ1) is 6.83. The van der Waals surface area contributed by atoms with Crippen LogP contribution in [0, 0.1) is 5.41 Å². The zero-order chi connectivity index (χ0) is 11.7. The molecule has 3 nitrogen and oxygen atoms in total. The number of carbonyl (C=O) groups excluding carboxylic acids is 2. The zero-order valence-electron chi connectivity index (χ0n) is 9.79. The van der Waals surface area contributed by atoms with E-state index in [9.17, 15) is 9.59 Å². The number of hydrogen-bond donors (Lipinski definition) is 0. The molecule has 0 aliphatic heterocycles. The van der Waals surface area contributed by atoms with E-state index in [1.807, 2.05) is 26.8 Å². The maximum absolute atomic E-state index is 11.2. The molecule has 0 aromatic rings. The first-order valence-corrected chi connectivity index (χ1v) is 5.17. The van der Waals surface area contributed by atoms with Crippen molar-refractivity contribution in [1.29, 1.82) is 0 Å². The van der Waals surface area contributed by atoms with Crippen LogP contribution in [0.5, 0.6) is 0 Å². The smallest absolute Gasteiger partial charge is 0.303 e. The Bertz CT molecular complexity index is 315. The van der Waals surface area contributed by atoms with Crippen molar-refractivity contribution in [2.24, 2.45) is 5.41 Å². The maximum Gasteiger partial charge on any atom is 0.303 e. The molecule has 0 amide bonds. The molecule has 15 heavy (non-hydrogen) atoms. The SMILES string of the molecule is CC(=O)OC1(C=O)CCC(C)=CC1(C)C. The number of ether oxygens (including phenoxy) is 1. The van der Waals surface area contributed by atoms with Gasteiger partial charge in [-0.25, -0.2) is 0 Å². The number of rotatable bonds is 2. The summed E-state index contributed by atoms with van der Waals surface area (Å²) < 4.78 is 5.24. The van der Waals surface area contributed by atoms with Crippen LogP contribution in [-0.4, -0.2) is 17.9 Å². The summed E-state index contributed by atoms with van der Waals surface area (Å²) in [5.74, 6) is -0.400. The molecule has 0 spiro atoms. The van der Waals surface area contributed by atoms with Gasteiger partial charge >= 0.3 is 5.97 Å². The van der Waals surface area contributed by atoms with Gasteiger partial charge in [-0.3, -0.25) is 9.59 Å². The quantitative estimate of drug-likeness (QED) is 0.399. The van der Waals surface area contributed by atoms with Crippen molar-refractivity contribution in [1.82, 2.24) is 0 Å². The Morgan fingerprint density at radius 1 is 1.53 bits per heavy atom. The largest absolute Gasteiger partial charge is 0.451 e. The lowest BCUT2D eigenvalue weighted by molar-refractivity contribution is -0.172. The van der Waals surface area contributed by atoms with E-state index >= 15 is 0 Å². The number of aldehydes is 1. The monoisotopic (exact) mass is 210 g/mol. The van der Waals surface area contributed by atoms with E-state index in [0.29, 0.717) is 6.42 Å². The highest BCUT2D eigenvalue weighted by molar-refractivity contribution is 5.74. The van der Waals surface area contributed by atoms with Crippen molar-refractivity contribution in [3.05, 3.63) is 11.6 Å². The van der Waals surface area contributed by atoms with Crippen LogP contribution in [0.3, 0.4) is 0 Å². The second-order valence-corrected chi connectivity index (χ2v) is 4.81. The van der Waals surface area contributed by atoms with E-state index in [1.54, 1.807) is 0 Å². The van der Waals surface area contributed by atoms with Gasteiger partial charge in [-0.1, -0.05) is 25.5 Å². The molecule has 0 radical (unpaired) electrons. The summed E-state index contributed by atoms with van der Waals surface area (Å²) in [5.41, 5.74) is -0.175. The number of esters is 1. The topological polar surface area (TPSA) is 43.4 Å². The fourth-order valence-corrected chi connectivity index (χ4v) is 2.19. The van der Waals surface area contributed by atoms with Gasteiger partial charge in [0, 0.05) is 12.3 Å². The molecule has 0 fully saturated rings. The van der Waals surface area contributed by atoms with Crippen LogP contribution in [0.2, 0.25) is 0 Å². The van der Waals surface area contributed by atoms with Crippen LogP contribution in [0.25, 0.3) is 0 Å². The zero-order valence-corrected chi connectivity index (χ0v) is 9.79. The minimum absolute atomic E-state index is 0.400. The molecule has 1 unspecified atom stereocenters. The van der Waals surface area contributed by atoms with Crippen molar-refractivity contribution < 1.29 is 14.3 Å². The Hall–Kier alpha value is -1.12. The van der Waals surface area contributed by atoms with Crippen molar-refractivity contribution in [2.45, 2.75) is 46.1 Å². The van der Waals surface area contributed by atoms with Crippen molar-refractivity contribution in [3.63, 3.8) is 0 Å². The van der Waals surface area contributed by atoms with Crippen LogP contribution < -0.4 is 0 Å². The molecular weight excluding hydrogens is 192 g/mol. The normalized spacial score (nSPS) is 29.2. The average Bonchev–Trinajstić information content (AvgIpc) is 2.08. The van der Waals surface area contributed by atoms with Gasteiger partial charge in [0.2, 0.25) is 0 Å². The van der Waals surface area contributed by atoms with Gasteiger partial charge in [-0.15, -0.1) is 0 Å². The summed E-state index contributed by atoms with van der Waals surface area (Å²) in [6.45, 7) is 7.22. The van der Waals surface area contributed by atoms with Crippen molar-refractivity contribution >= 4 is 12.3 Å². The Balaban J connectivity index is 3.10. The fraction of sp³-hybridized carbons (Fsp3) is 0.667. The lowest BCUT2D eigenvalue weighted by atomic mass is 9.68. The van der Waals surface area contributed by atoms with E-state index in [-0.39, 0.29) is 0 Å². The predicted molar refractivity (Wildman–Crippen MR) is 57.3 cm³/mol. The molecule has 0 bridgehead atoms. The highest BCUT2D eigenvalue weighted by atomic mass is 16.6. The van der Waals surface area contributed by atoms with E-state index in [0.717, 1.165) is 12.7 Å². The number of allylic oxidation sites excluding steroid dienone is 1. The van der Waals surface area contributed by atoms with Gasteiger partial charge in [0.25, 0.3) is 0 Å². The van der Waals surface area contributed by atoms with Gasteiger partial charge in [-0.05, 0) is 19.8 Å². The Morgan fingerprint density at radius 2 is 2.13 bits per heavy atom. The predicted octanol–water partition coefficient (Wildman–Crippen LogP) is 2.25. The highest BCUT2D eigenvalue weighted by Gasteiger charge is 2.48. The Kier molecular flexibility index (Phi) is 3.03. The van der Waals surface area contributed by atoms with Gasteiger partial charge in [0.15, 0.2) is 11.9 Å². The van der Waals surface area contributed by atoms with E-state index in [1.165, 1.54) is 12.5 Å². The minimum Gasteiger partial charge on any atom is -0.451 e. The fourth-order valence-electron chi connectivity index (χ4n) is 2.19. The third-order valence-electron chi connectivity index (χ3n) is 3.10. The molecule has 1 rings (SSSR count). The molecule has 0 heterocycles. The van der Waals surface area contributed by atoms with Gasteiger partial charge in [0.1, 0.15) is 0 Å². The first-order valence-electron chi connectivity index (χ1n) is 5.17. The van der Waals surface area contributed by atoms with E-state index in [2.05, 4.69) is 0 Å². The standard InChI is InChI=1S/C12H18O3/c1-9-5-6-12(8-13,15-10(2)14)11(3,4)7-9/h7-8H,5-6H2,1-4H3.